The highest BCUT2D eigenvalue weighted by molar-refractivity contribution is 4.92. The molecule has 0 radical (unpaired) electrons. The first-order valence-corrected chi connectivity index (χ1v) is 6.68. The fraction of sp³-hybridized carbons (Fsp3) is 0.769. The van der Waals surface area contributed by atoms with Crippen LogP contribution in [0.1, 0.15) is 38.4 Å². The van der Waals surface area contributed by atoms with Gasteiger partial charge in [-0.3, -0.25) is 0 Å². The molecule has 1 atom stereocenters. The molecular weight excluding hydrogens is 255 g/mol. The molecule has 1 rings (SSSR count). The second-order valence-electron chi connectivity index (χ2n) is 4.80. The third-order valence-electron chi connectivity index (χ3n) is 3.10. The number of nitrogens with zero attached hydrogens (tertiary/aromatic N) is 2. The van der Waals surface area contributed by atoms with E-state index in [1.54, 1.807) is 6.20 Å². The van der Waals surface area contributed by atoms with Crippen LogP contribution in [0, 0.1) is 0 Å². The largest absolute Gasteiger partial charge is 0.389 e. The van der Waals surface area contributed by atoms with Crippen molar-refractivity contribution in [2.45, 2.75) is 51.2 Å². The Morgan fingerprint density at radius 1 is 1.37 bits per heavy atom. The molecule has 0 saturated carbocycles. The maximum absolute atomic E-state index is 12.3. The molecule has 6 heteroatoms. The lowest BCUT2D eigenvalue weighted by Gasteiger charge is -2.19. The average Bonchev–Trinajstić information content (AvgIpc) is 2.73. The maximum Gasteiger partial charge on any atom is 0.389 e. The van der Waals surface area contributed by atoms with Crippen LogP contribution in [0.2, 0.25) is 0 Å². The van der Waals surface area contributed by atoms with Gasteiger partial charge < -0.3 is 9.88 Å². The number of nitrogens with one attached hydrogen (secondary N) is 1. The summed E-state index contributed by atoms with van der Waals surface area (Å²) in [7, 11) is 1.90. The SMILES string of the molecule is CCCNC(CCc1nccn1C)CCC(F)(F)F. The third kappa shape index (κ3) is 6.61. The summed E-state index contributed by atoms with van der Waals surface area (Å²) in [6, 6.07) is -0.0988. The minimum atomic E-state index is -4.07. The van der Waals surface area contributed by atoms with Gasteiger partial charge >= 0.3 is 6.18 Å². The first kappa shape index (κ1) is 16.0. The van der Waals surface area contributed by atoms with E-state index in [9.17, 15) is 13.2 Å². The highest BCUT2D eigenvalue weighted by Gasteiger charge is 2.28. The predicted molar refractivity (Wildman–Crippen MR) is 68.9 cm³/mol. The molecule has 0 fully saturated rings. The van der Waals surface area contributed by atoms with E-state index >= 15 is 0 Å². The summed E-state index contributed by atoms with van der Waals surface area (Å²) in [5, 5.41) is 3.19. The fourth-order valence-corrected chi connectivity index (χ4v) is 1.98. The van der Waals surface area contributed by atoms with E-state index < -0.39 is 12.6 Å². The van der Waals surface area contributed by atoms with Crippen molar-refractivity contribution < 1.29 is 13.2 Å². The summed E-state index contributed by atoms with van der Waals surface area (Å²) < 4.78 is 38.7. The van der Waals surface area contributed by atoms with E-state index in [4.69, 9.17) is 0 Å². The van der Waals surface area contributed by atoms with Gasteiger partial charge in [0.1, 0.15) is 5.82 Å². The zero-order chi connectivity index (χ0) is 14.3. The Hall–Kier alpha value is -1.04. The normalized spacial score (nSPS) is 13.7. The number of aromatic nitrogens is 2. The van der Waals surface area contributed by atoms with Crippen LogP contribution in [0.3, 0.4) is 0 Å². The van der Waals surface area contributed by atoms with Crippen molar-refractivity contribution in [3.63, 3.8) is 0 Å². The van der Waals surface area contributed by atoms with Gasteiger partial charge in [0, 0.05) is 38.3 Å². The minimum Gasteiger partial charge on any atom is -0.338 e. The maximum atomic E-state index is 12.3. The first-order chi connectivity index (χ1) is 8.92. The molecule has 0 amide bonds. The Morgan fingerprint density at radius 3 is 2.63 bits per heavy atom. The van der Waals surface area contributed by atoms with Gasteiger partial charge in [-0.1, -0.05) is 6.92 Å². The molecule has 1 heterocycles. The van der Waals surface area contributed by atoms with E-state index in [-0.39, 0.29) is 12.5 Å². The molecule has 0 aliphatic carbocycles. The number of aryl methyl sites for hydroxylation is 2. The number of imidazole rings is 1. The van der Waals surface area contributed by atoms with Crippen molar-refractivity contribution in [1.82, 2.24) is 14.9 Å². The van der Waals surface area contributed by atoms with Crippen LogP contribution in [-0.4, -0.2) is 28.3 Å². The monoisotopic (exact) mass is 277 g/mol. The molecule has 1 aromatic rings. The molecule has 1 aromatic heterocycles. The Bertz CT molecular complexity index is 360. The molecule has 0 spiro atoms. The quantitative estimate of drug-likeness (QED) is 0.791. The molecule has 0 saturated heterocycles. The topological polar surface area (TPSA) is 29.9 Å². The van der Waals surface area contributed by atoms with Crippen LogP contribution >= 0.6 is 0 Å². The molecule has 0 aromatic carbocycles. The van der Waals surface area contributed by atoms with Crippen LogP contribution in [-0.2, 0) is 13.5 Å². The Balaban J connectivity index is 2.42. The van der Waals surface area contributed by atoms with Crippen molar-refractivity contribution in [3.05, 3.63) is 18.2 Å². The zero-order valence-electron chi connectivity index (χ0n) is 11.5. The minimum absolute atomic E-state index is 0.0988. The van der Waals surface area contributed by atoms with E-state index in [1.165, 1.54) is 0 Å². The number of hydrogen-bond donors (Lipinski definition) is 1. The number of halogens is 3. The molecule has 0 aliphatic heterocycles. The standard InChI is InChI=1S/C13H22F3N3/c1-3-8-17-11(6-7-13(14,15)16)4-5-12-18-9-10-19(12)2/h9-11,17H,3-8H2,1-2H3. The van der Waals surface area contributed by atoms with E-state index in [2.05, 4.69) is 10.3 Å². The zero-order valence-corrected chi connectivity index (χ0v) is 11.5. The highest BCUT2D eigenvalue weighted by Crippen LogP contribution is 2.23. The summed E-state index contributed by atoms with van der Waals surface area (Å²) >= 11 is 0. The predicted octanol–water partition coefficient (Wildman–Crippen LogP) is 3.06. The lowest BCUT2D eigenvalue weighted by molar-refractivity contribution is -0.136. The van der Waals surface area contributed by atoms with Gasteiger partial charge in [0.25, 0.3) is 0 Å². The Kier molecular flexibility index (Phi) is 6.34. The van der Waals surface area contributed by atoms with Gasteiger partial charge in [-0.2, -0.15) is 13.2 Å². The van der Waals surface area contributed by atoms with Gasteiger partial charge in [-0.15, -0.1) is 0 Å². The van der Waals surface area contributed by atoms with E-state index in [0.29, 0.717) is 12.8 Å². The van der Waals surface area contributed by atoms with Gasteiger partial charge in [0.05, 0.1) is 0 Å². The van der Waals surface area contributed by atoms with Crippen LogP contribution in [0.4, 0.5) is 13.2 Å². The van der Waals surface area contributed by atoms with Crippen molar-refractivity contribution >= 4 is 0 Å². The summed E-state index contributed by atoms with van der Waals surface area (Å²) in [4.78, 5) is 4.19. The number of hydrogen-bond acceptors (Lipinski definition) is 2. The number of rotatable bonds is 8. The van der Waals surface area contributed by atoms with Crippen molar-refractivity contribution in [2.75, 3.05) is 6.54 Å². The summed E-state index contributed by atoms with van der Waals surface area (Å²) in [5.74, 6) is 0.912. The molecule has 0 bridgehead atoms. The molecule has 110 valence electrons. The van der Waals surface area contributed by atoms with Gasteiger partial charge in [0.2, 0.25) is 0 Å². The summed E-state index contributed by atoms with van der Waals surface area (Å²) in [5.41, 5.74) is 0. The average molecular weight is 277 g/mol. The smallest absolute Gasteiger partial charge is 0.338 e. The van der Waals surface area contributed by atoms with E-state index in [1.807, 2.05) is 24.7 Å². The lowest BCUT2D eigenvalue weighted by Crippen LogP contribution is -2.32. The summed E-state index contributed by atoms with van der Waals surface area (Å²) in [6.07, 6.45) is 1.19. The molecule has 3 nitrogen and oxygen atoms in total. The fourth-order valence-electron chi connectivity index (χ4n) is 1.98. The van der Waals surface area contributed by atoms with Crippen LogP contribution < -0.4 is 5.32 Å². The van der Waals surface area contributed by atoms with Crippen molar-refractivity contribution in [3.8, 4) is 0 Å². The van der Waals surface area contributed by atoms with E-state index in [0.717, 1.165) is 18.8 Å². The molecular formula is C13H22F3N3. The van der Waals surface area contributed by atoms with Crippen molar-refractivity contribution in [1.29, 1.82) is 0 Å². The van der Waals surface area contributed by atoms with Gasteiger partial charge in [-0.05, 0) is 25.8 Å². The lowest BCUT2D eigenvalue weighted by atomic mass is 10.0. The number of alkyl halides is 3. The highest BCUT2D eigenvalue weighted by atomic mass is 19.4. The molecule has 1 N–H and O–H groups in total. The van der Waals surface area contributed by atoms with Crippen molar-refractivity contribution in [2.24, 2.45) is 7.05 Å². The first-order valence-electron chi connectivity index (χ1n) is 6.68. The van der Waals surface area contributed by atoms with Crippen LogP contribution in [0.5, 0.6) is 0 Å². The molecule has 1 unspecified atom stereocenters. The Morgan fingerprint density at radius 2 is 2.11 bits per heavy atom. The molecule has 19 heavy (non-hydrogen) atoms. The Labute approximate surface area is 112 Å². The van der Waals surface area contributed by atoms with Crippen LogP contribution in [0.15, 0.2) is 12.4 Å². The van der Waals surface area contributed by atoms with Gasteiger partial charge in [0.15, 0.2) is 0 Å². The second-order valence-corrected chi connectivity index (χ2v) is 4.80. The van der Waals surface area contributed by atoms with Crippen LogP contribution in [0.25, 0.3) is 0 Å². The third-order valence-corrected chi connectivity index (χ3v) is 3.10. The van der Waals surface area contributed by atoms with Gasteiger partial charge in [-0.25, -0.2) is 4.98 Å². The molecule has 0 aliphatic rings. The second kappa shape index (κ2) is 7.53. The summed E-state index contributed by atoms with van der Waals surface area (Å²) in [6.45, 7) is 2.76.